The van der Waals surface area contributed by atoms with Crippen LogP contribution in [0.5, 0.6) is 11.5 Å². The number of carbonyl (C=O) groups excluding carboxylic acids is 3. The van der Waals surface area contributed by atoms with Gasteiger partial charge in [0.2, 0.25) is 0 Å². The summed E-state index contributed by atoms with van der Waals surface area (Å²) in [5.41, 5.74) is -0.688. The van der Waals surface area contributed by atoms with Gasteiger partial charge in [-0.05, 0) is 43.2 Å². The molecule has 2 aromatic rings. The lowest BCUT2D eigenvalue weighted by atomic mass is 9.91. The number of imide groups is 1. The normalized spacial score (nSPS) is 21.0. The Balaban J connectivity index is 1.57. The van der Waals surface area contributed by atoms with Gasteiger partial charge in [-0.15, -0.1) is 11.3 Å². The summed E-state index contributed by atoms with van der Waals surface area (Å²) in [6, 6.07) is 8.20. The van der Waals surface area contributed by atoms with E-state index in [2.05, 4.69) is 5.32 Å². The molecule has 0 saturated carbocycles. The van der Waals surface area contributed by atoms with Crippen molar-refractivity contribution in [2.24, 2.45) is 0 Å². The molecule has 0 bridgehead atoms. The summed E-state index contributed by atoms with van der Waals surface area (Å²) < 4.78 is 11.1. The first kappa shape index (κ1) is 18.5. The van der Waals surface area contributed by atoms with Crippen LogP contribution in [-0.2, 0) is 16.8 Å². The molecule has 3 heterocycles. The van der Waals surface area contributed by atoms with Crippen molar-refractivity contribution >= 4 is 29.1 Å². The maximum Gasteiger partial charge on any atom is 0.325 e. The quantitative estimate of drug-likeness (QED) is 0.616. The molecule has 7 nitrogen and oxygen atoms in total. The first-order valence-corrected chi connectivity index (χ1v) is 9.90. The zero-order valence-corrected chi connectivity index (χ0v) is 16.4. The van der Waals surface area contributed by atoms with Gasteiger partial charge >= 0.3 is 6.03 Å². The van der Waals surface area contributed by atoms with Crippen molar-refractivity contribution in [1.29, 1.82) is 0 Å². The van der Waals surface area contributed by atoms with E-state index in [4.69, 9.17) is 9.47 Å². The van der Waals surface area contributed by atoms with Crippen molar-refractivity contribution < 1.29 is 23.9 Å². The number of nitrogens with zero attached hydrogens (tertiary/aromatic N) is 1. The third-order valence-corrected chi connectivity index (χ3v) is 6.25. The van der Waals surface area contributed by atoms with Crippen LogP contribution in [-0.4, -0.2) is 42.4 Å². The van der Waals surface area contributed by atoms with Crippen molar-refractivity contribution in [3.63, 3.8) is 0 Å². The third kappa shape index (κ3) is 3.03. The first-order chi connectivity index (χ1) is 13.4. The molecule has 1 aromatic carbocycles. The molecule has 1 N–H and O–H groups in total. The minimum atomic E-state index is -1.27. The Hall–Kier alpha value is -2.87. The van der Waals surface area contributed by atoms with Crippen LogP contribution in [0.3, 0.4) is 0 Å². The van der Waals surface area contributed by atoms with E-state index in [9.17, 15) is 14.4 Å². The Bertz CT molecular complexity index is 969. The minimum absolute atomic E-state index is 0.250. The van der Waals surface area contributed by atoms with Gasteiger partial charge in [-0.3, -0.25) is 14.5 Å². The van der Waals surface area contributed by atoms with Gasteiger partial charge in [-0.1, -0.05) is 13.0 Å². The summed E-state index contributed by atoms with van der Waals surface area (Å²) in [5, 5.41) is 2.72. The van der Waals surface area contributed by atoms with E-state index < -0.39 is 17.5 Å². The fraction of sp³-hybridized carbons (Fsp3) is 0.350. The molecule has 28 heavy (non-hydrogen) atoms. The second-order valence-electron chi connectivity index (χ2n) is 6.85. The van der Waals surface area contributed by atoms with Gasteiger partial charge in [-0.2, -0.15) is 0 Å². The Morgan fingerprint density at radius 1 is 1.18 bits per heavy atom. The molecule has 146 valence electrons. The third-order valence-electron chi connectivity index (χ3n) is 4.98. The van der Waals surface area contributed by atoms with E-state index in [0.29, 0.717) is 35.2 Å². The van der Waals surface area contributed by atoms with Gasteiger partial charge in [-0.25, -0.2) is 4.79 Å². The smallest absolute Gasteiger partial charge is 0.325 e. The van der Waals surface area contributed by atoms with Gasteiger partial charge < -0.3 is 14.8 Å². The summed E-state index contributed by atoms with van der Waals surface area (Å²) in [4.78, 5) is 40.7. The molecule has 8 heteroatoms. The van der Waals surface area contributed by atoms with Gasteiger partial charge in [0, 0.05) is 4.88 Å². The molecule has 1 atom stereocenters. The fourth-order valence-electron chi connectivity index (χ4n) is 3.33. The van der Waals surface area contributed by atoms with Crippen LogP contribution in [0, 0.1) is 0 Å². The van der Waals surface area contributed by atoms with Crippen molar-refractivity contribution in [3.8, 4) is 11.5 Å². The Morgan fingerprint density at radius 2 is 1.93 bits per heavy atom. The van der Waals surface area contributed by atoms with Crippen molar-refractivity contribution in [3.05, 3.63) is 45.6 Å². The number of rotatable bonds is 5. The van der Waals surface area contributed by atoms with Crippen molar-refractivity contribution in [2.75, 3.05) is 19.8 Å². The second kappa shape index (κ2) is 6.94. The predicted octanol–water partition coefficient (Wildman–Crippen LogP) is 2.73. The average Bonchev–Trinajstić information content (AvgIpc) is 3.27. The molecule has 0 radical (unpaired) electrons. The molecule has 1 aromatic heterocycles. The van der Waals surface area contributed by atoms with E-state index >= 15 is 0 Å². The van der Waals surface area contributed by atoms with E-state index in [1.807, 2.05) is 13.0 Å². The molecule has 0 unspecified atom stereocenters. The Morgan fingerprint density at radius 3 is 2.64 bits per heavy atom. The minimum Gasteiger partial charge on any atom is -0.486 e. The zero-order valence-electron chi connectivity index (χ0n) is 15.6. The molecular formula is C20H20N2O5S. The monoisotopic (exact) mass is 400 g/mol. The molecule has 1 saturated heterocycles. The number of nitrogens with one attached hydrogen (secondary N) is 1. The number of aryl methyl sites for hydroxylation is 1. The standard InChI is InChI=1S/C20H20N2O5S/c1-3-13-5-7-17(28-13)14(23)11-22-18(24)20(2,21-19(22)25)12-4-6-15-16(10-12)27-9-8-26-15/h4-7,10H,3,8-9,11H2,1-2H3,(H,21,25)/t20-/m1/s1. The Labute approximate surface area is 166 Å². The highest BCUT2D eigenvalue weighted by Gasteiger charge is 2.49. The highest BCUT2D eigenvalue weighted by Crippen LogP contribution is 2.37. The number of thiophene rings is 1. The molecule has 1 fully saturated rings. The van der Waals surface area contributed by atoms with Crippen LogP contribution in [0.2, 0.25) is 0 Å². The van der Waals surface area contributed by atoms with Crippen molar-refractivity contribution in [2.45, 2.75) is 25.8 Å². The SMILES string of the molecule is CCc1ccc(C(=O)CN2C(=O)N[C@](C)(c3ccc4c(c3)OCCO4)C2=O)s1. The van der Waals surface area contributed by atoms with Crippen LogP contribution in [0.4, 0.5) is 4.79 Å². The average molecular weight is 400 g/mol. The summed E-state index contributed by atoms with van der Waals surface area (Å²) in [5.74, 6) is 0.425. The number of fused-ring (bicyclic) bond motifs is 1. The van der Waals surface area contributed by atoms with Crippen LogP contribution >= 0.6 is 11.3 Å². The number of ketones is 1. The molecule has 0 spiro atoms. The number of carbonyl (C=O) groups is 3. The molecule has 0 aliphatic carbocycles. The number of benzene rings is 1. The lowest BCUT2D eigenvalue weighted by molar-refractivity contribution is -0.130. The molecule has 4 rings (SSSR count). The number of ether oxygens (including phenoxy) is 2. The summed E-state index contributed by atoms with van der Waals surface area (Å²) >= 11 is 1.39. The first-order valence-electron chi connectivity index (χ1n) is 9.08. The zero-order chi connectivity index (χ0) is 19.9. The lowest BCUT2D eigenvalue weighted by Crippen LogP contribution is -2.41. The van der Waals surface area contributed by atoms with E-state index in [-0.39, 0.29) is 12.3 Å². The predicted molar refractivity (Wildman–Crippen MR) is 103 cm³/mol. The maximum absolute atomic E-state index is 13.1. The number of hydrogen-bond donors (Lipinski definition) is 1. The van der Waals surface area contributed by atoms with Crippen LogP contribution < -0.4 is 14.8 Å². The van der Waals surface area contributed by atoms with Crippen LogP contribution in [0.1, 0.15) is 34.0 Å². The summed E-state index contributed by atoms with van der Waals surface area (Å²) in [7, 11) is 0. The number of hydrogen-bond acceptors (Lipinski definition) is 6. The molecular weight excluding hydrogens is 380 g/mol. The van der Waals surface area contributed by atoms with Gasteiger partial charge in [0.1, 0.15) is 18.8 Å². The second-order valence-corrected chi connectivity index (χ2v) is 8.02. The van der Waals surface area contributed by atoms with Gasteiger partial charge in [0.15, 0.2) is 17.3 Å². The number of urea groups is 1. The van der Waals surface area contributed by atoms with Gasteiger partial charge in [0.25, 0.3) is 5.91 Å². The van der Waals surface area contributed by atoms with Crippen LogP contribution in [0.25, 0.3) is 0 Å². The van der Waals surface area contributed by atoms with Gasteiger partial charge in [0.05, 0.1) is 11.4 Å². The fourth-order valence-corrected chi connectivity index (χ4v) is 4.21. The number of amides is 3. The summed E-state index contributed by atoms with van der Waals surface area (Å²) in [6.07, 6.45) is 0.837. The van der Waals surface area contributed by atoms with Crippen LogP contribution in [0.15, 0.2) is 30.3 Å². The topological polar surface area (TPSA) is 84.9 Å². The maximum atomic E-state index is 13.1. The highest BCUT2D eigenvalue weighted by atomic mass is 32.1. The molecule has 3 amide bonds. The largest absolute Gasteiger partial charge is 0.486 e. The van der Waals surface area contributed by atoms with Crippen molar-refractivity contribution in [1.82, 2.24) is 10.2 Å². The van der Waals surface area contributed by atoms with E-state index in [1.54, 1.807) is 31.2 Å². The van der Waals surface area contributed by atoms with E-state index in [0.717, 1.165) is 16.2 Å². The molecule has 2 aliphatic rings. The lowest BCUT2D eigenvalue weighted by Gasteiger charge is -2.25. The molecule has 2 aliphatic heterocycles. The number of Topliss-reactive ketones (excluding diaryl/α,β-unsaturated/α-hetero) is 1. The summed E-state index contributed by atoms with van der Waals surface area (Å²) in [6.45, 7) is 4.25. The Kier molecular flexibility index (Phi) is 4.58. The van der Waals surface area contributed by atoms with E-state index in [1.165, 1.54) is 11.3 Å². The highest BCUT2D eigenvalue weighted by molar-refractivity contribution is 7.14.